The van der Waals surface area contributed by atoms with Gasteiger partial charge in [0.25, 0.3) is 0 Å². The van der Waals surface area contributed by atoms with Crippen molar-refractivity contribution in [3.8, 4) is 11.5 Å². The number of aliphatic carboxylic acids is 1. The lowest BCUT2D eigenvalue weighted by Gasteiger charge is -2.17. The molecule has 0 spiro atoms. The SMILES string of the molecule is O=C(O)[C@@H]1CC(=O)N(Cc2ccc3c(c2)OCCCO3)C1. The maximum absolute atomic E-state index is 11.8. The molecule has 1 N–H and O–H groups in total. The van der Waals surface area contributed by atoms with E-state index in [1.165, 1.54) is 0 Å². The van der Waals surface area contributed by atoms with Crippen LogP contribution in [0.5, 0.6) is 11.5 Å². The lowest BCUT2D eigenvalue weighted by Crippen LogP contribution is -2.25. The van der Waals surface area contributed by atoms with E-state index in [1.54, 1.807) is 4.90 Å². The van der Waals surface area contributed by atoms with Gasteiger partial charge in [-0.1, -0.05) is 6.07 Å². The van der Waals surface area contributed by atoms with Crippen molar-refractivity contribution in [3.05, 3.63) is 23.8 Å². The van der Waals surface area contributed by atoms with Crippen molar-refractivity contribution in [1.82, 2.24) is 4.90 Å². The summed E-state index contributed by atoms with van der Waals surface area (Å²) in [6, 6.07) is 5.59. The Balaban J connectivity index is 1.72. The number of carbonyl (C=O) groups excluding carboxylic acids is 1. The molecule has 1 fully saturated rings. The third-order valence-corrected chi connectivity index (χ3v) is 3.75. The summed E-state index contributed by atoms with van der Waals surface area (Å²) in [6.45, 7) is 1.92. The second-order valence-electron chi connectivity index (χ2n) is 5.35. The standard InChI is InChI=1S/C15H17NO5/c17-14-7-11(15(18)19)9-16(14)8-10-2-3-12-13(6-10)21-5-1-4-20-12/h2-3,6,11H,1,4-5,7-9H2,(H,18,19)/t11-/m1/s1. The Hall–Kier alpha value is -2.24. The molecular formula is C15H17NO5. The Morgan fingerprint density at radius 3 is 2.76 bits per heavy atom. The molecule has 1 saturated heterocycles. The summed E-state index contributed by atoms with van der Waals surface area (Å²) in [5.74, 6) is -0.226. The summed E-state index contributed by atoms with van der Waals surface area (Å²) in [7, 11) is 0. The average Bonchev–Trinajstić information content (AvgIpc) is 2.69. The second-order valence-corrected chi connectivity index (χ2v) is 5.35. The fourth-order valence-corrected chi connectivity index (χ4v) is 2.62. The minimum Gasteiger partial charge on any atom is -0.490 e. The van der Waals surface area contributed by atoms with Crippen LogP contribution in [-0.2, 0) is 16.1 Å². The second kappa shape index (κ2) is 5.63. The van der Waals surface area contributed by atoms with Crippen LogP contribution in [0.2, 0.25) is 0 Å². The van der Waals surface area contributed by atoms with Crippen molar-refractivity contribution in [1.29, 1.82) is 0 Å². The smallest absolute Gasteiger partial charge is 0.308 e. The number of hydrogen-bond donors (Lipinski definition) is 1. The largest absolute Gasteiger partial charge is 0.490 e. The highest BCUT2D eigenvalue weighted by atomic mass is 16.5. The van der Waals surface area contributed by atoms with E-state index in [2.05, 4.69) is 0 Å². The lowest BCUT2D eigenvalue weighted by molar-refractivity contribution is -0.141. The maximum Gasteiger partial charge on any atom is 0.308 e. The molecule has 0 aliphatic carbocycles. The number of ether oxygens (including phenoxy) is 2. The molecule has 1 amide bonds. The fourth-order valence-electron chi connectivity index (χ4n) is 2.62. The Bertz CT molecular complexity index is 571. The van der Waals surface area contributed by atoms with Gasteiger partial charge in [0.15, 0.2) is 11.5 Å². The predicted molar refractivity (Wildman–Crippen MR) is 73.2 cm³/mol. The number of rotatable bonds is 3. The molecule has 2 aliphatic heterocycles. The summed E-state index contributed by atoms with van der Waals surface area (Å²) >= 11 is 0. The molecule has 21 heavy (non-hydrogen) atoms. The van der Waals surface area contributed by atoms with Gasteiger partial charge in [-0.15, -0.1) is 0 Å². The zero-order valence-electron chi connectivity index (χ0n) is 11.6. The summed E-state index contributed by atoms with van der Waals surface area (Å²) < 4.78 is 11.2. The molecule has 6 heteroatoms. The van der Waals surface area contributed by atoms with Crippen molar-refractivity contribution in [2.75, 3.05) is 19.8 Å². The number of fused-ring (bicyclic) bond motifs is 1. The zero-order valence-corrected chi connectivity index (χ0v) is 11.6. The van der Waals surface area contributed by atoms with Gasteiger partial charge < -0.3 is 19.5 Å². The van der Waals surface area contributed by atoms with Crippen LogP contribution in [0.4, 0.5) is 0 Å². The Morgan fingerprint density at radius 2 is 2.05 bits per heavy atom. The van der Waals surface area contributed by atoms with Gasteiger partial charge in [0, 0.05) is 25.9 Å². The molecule has 1 atom stereocenters. The van der Waals surface area contributed by atoms with Gasteiger partial charge in [-0.2, -0.15) is 0 Å². The highest BCUT2D eigenvalue weighted by molar-refractivity contribution is 5.86. The first-order chi connectivity index (χ1) is 10.1. The van der Waals surface area contributed by atoms with Gasteiger partial charge in [0.2, 0.25) is 5.91 Å². The number of amides is 1. The van der Waals surface area contributed by atoms with Crippen molar-refractivity contribution >= 4 is 11.9 Å². The van der Waals surface area contributed by atoms with Crippen molar-refractivity contribution in [3.63, 3.8) is 0 Å². The summed E-state index contributed by atoms with van der Waals surface area (Å²) in [4.78, 5) is 24.4. The molecule has 0 aromatic heterocycles. The van der Waals surface area contributed by atoms with E-state index >= 15 is 0 Å². The van der Waals surface area contributed by atoms with Crippen molar-refractivity contribution in [2.24, 2.45) is 5.92 Å². The van der Waals surface area contributed by atoms with Gasteiger partial charge in [0.1, 0.15) is 0 Å². The molecule has 3 rings (SSSR count). The number of hydrogen-bond acceptors (Lipinski definition) is 4. The molecule has 112 valence electrons. The number of carboxylic acid groups (broad SMARTS) is 1. The van der Waals surface area contributed by atoms with E-state index in [-0.39, 0.29) is 18.9 Å². The highest BCUT2D eigenvalue weighted by Crippen LogP contribution is 2.31. The van der Waals surface area contributed by atoms with Gasteiger partial charge in [-0.3, -0.25) is 9.59 Å². The predicted octanol–water partition coefficient (Wildman–Crippen LogP) is 1.28. The Kier molecular flexibility index (Phi) is 3.68. The Labute approximate surface area is 122 Å². The molecule has 6 nitrogen and oxygen atoms in total. The van der Waals surface area contributed by atoms with E-state index < -0.39 is 11.9 Å². The van der Waals surface area contributed by atoms with E-state index in [0.29, 0.717) is 31.3 Å². The first-order valence-electron chi connectivity index (χ1n) is 7.02. The lowest BCUT2D eigenvalue weighted by atomic mass is 10.1. The molecule has 0 saturated carbocycles. The molecule has 0 radical (unpaired) electrons. The summed E-state index contributed by atoms with van der Waals surface area (Å²) in [6.07, 6.45) is 0.925. The van der Waals surface area contributed by atoms with E-state index in [0.717, 1.165) is 12.0 Å². The van der Waals surface area contributed by atoms with E-state index in [9.17, 15) is 9.59 Å². The number of likely N-dealkylation sites (tertiary alicyclic amines) is 1. The molecule has 1 aromatic rings. The molecule has 0 unspecified atom stereocenters. The first-order valence-corrected chi connectivity index (χ1v) is 7.02. The average molecular weight is 291 g/mol. The van der Waals surface area contributed by atoms with Gasteiger partial charge in [-0.05, 0) is 17.7 Å². The van der Waals surface area contributed by atoms with Gasteiger partial charge >= 0.3 is 5.97 Å². The number of nitrogens with zero attached hydrogens (tertiary/aromatic N) is 1. The minimum atomic E-state index is -0.912. The molecular weight excluding hydrogens is 274 g/mol. The quantitative estimate of drug-likeness (QED) is 0.908. The van der Waals surface area contributed by atoms with Crippen LogP contribution < -0.4 is 9.47 Å². The fraction of sp³-hybridized carbons (Fsp3) is 0.467. The monoisotopic (exact) mass is 291 g/mol. The summed E-state index contributed by atoms with van der Waals surface area (Å²) in [5, 5.41) is 8.99. The number of carboxylic acids is 1. The highest BCUT2D eigenvalue weighted by Gasteiger charge is 2.34. The summed E-state index contributed by atoms with van der Waals surface area (Å²) in [5.41, 5.74) is 0.915. The van der Waals surface area contributed by atoms with Gasteiger partial charge in [0.05, 0.1) is 19.1 Å². The first kappa shape index (κ1) is 13.7. The van der Waals surface area contributed by atoms with Crippen LogP contribution in [0.1, 0.15) is 18.4 Å². The van der Waals surface area contributed by atoms with Crippen molar-refractivity contribution < 1.29 is 24.2 Å². The molecule has 2 heterocycles. The Morgan fingerprint density at radius 1 is 1.29 bits per heavy atom. The van der Waals surface area contributed by atoms with Crippen molar-refractivity contribution in [2.45, 2.75) is 19.4 Å². The molecule has 2 aliphatic rings. The molecule has 1 aromatic carbocycles. The van der Waals surface area contributed by atoms with Gasteiger partial charge in [-0.25, -0.2) is 0 Å². The third-order valence-electron chi connectivity index (χ3n) is 3.75. The van der Waals surface area contributed by atoms with Crippen LogP contribution in [0, 0.1) is 5.92 Å². The topological polar surface area (TPSA) is 76.1 Å². The van der Waals surface area contributed by atoms with Crippen LogP contribution in [-0.4, -0.2) is 41.6 Å². The molecule has 0 bridgehead atoms. The van der Waals surface area contributed by atoms with Crippen LogP contribution in [0.25, 0.3) is 0 Å². The van der Waals surface area contributed by atoms with E-state index in [4.69, 9.17) is 14.6 Å². The minimum absolute atomic E-state index is 0.0832. The van der Waals surface area contributed by atoms with Crippen LogP contribution in [0.15, 0.2) is 18.2 Å². The van der Waals surface area contributed by atoms with Crippen LogP contribution >= 0.6 is 0 Å². The number of benzene rings is 1. The maximum atomic E-state index is 11.8. The van der Waals surface area contributed by atoms with Crippen LogP contribution in [0.3, 0.4) is 0 Å². The normalized spacial score (nSPS) is 21.2. The van der Waals surface area contributed by atoms with E-state index in [1.807, 2.05) is 18.2 Å². The zero-order chi connectivity index (χ0) is 14.8. The number of carbonyl (C=O) groups is 2. The third kappa shape index (κ3) is 2.94.